The van der Waals surface area contributed by atoms with Crippen LogP contribution in [0.1, 0.15) is 31.4 Å². The van der Waals surface area contributed by atoms with Gasteiger partial charge in [-0.15, -0.1) is 0 Å². The van der Waals surface area contributed by atoms with Gasteiger partial charge in [0.05, 0.1) is 12.5 Å². The van der Waals surface area contributed by atoms with Gasteiger partial charge in [-0.3, -0.25) is 14.5 Å². The van der Waals surface area contributed by atoms with Gasteiger partial charge in [-0.2, -0.15) is 0 Å². The number of hydrogen-bond acceptors (Lipinski definition) is 3. The van der Waals surface area contributed by atoms with Crippen LogP contribution < -0.4 is 5.32 Å². The fourth-order valence-corrected chi connectivity index (χ4v) is 3.00. The van der Waals surface area contributed by atoms with Crippen molar-refractivity contribution in [3.63, 3.8) is 0 Å². The number of hydrogen-bond donors (Lipinski definition) is 1. The van der Waals surface area contributed by atoms with Crippen LogP contribution >= 0.6 is 0 Å². The van der Waals surface area contributed by atoms with Crippen LogP contribution in [0.4, 0.5) is 0 Å². The quantitative estimate of drug-likeness (QED) is 0.861. The van der Waals surface area contributed by atoms with Crippen molar-refractivity contribution in [2.75, 3.05) is 32.7 Å². The second-order valence-electron chi connectivity index (χ2n) is 6.49. The summed E-state index contributed by atoms with van der Waals surface area (Å²) in [5.41, 5.74) is 2.25. The Bertz CT molecular complexity index is 565. The molecule has 1 aliphatic heterocycles. The molecule has 0 radical (unpaired) electrons. The summed E-state index contributed by atoms with van der Waals surface area (Å²) in [5, 5.41) is 2.94. The lowest BCUT2D eigenvalue weighted by Gasteiger charge is -2.37. The smallest absolute Gasteiger partial charge is 0.237 e. The summed E-state index contributed by atoms with van der Waals surface area (Å²) in [5.74, 6) is 0.253. The number of amides is 2. The van der Waals surface area contributed by atoms with Gasteiger partial charge in [0.25, 0.3) is 0 Å². The molecule has 0 aliphatic carbocycles. The molecule has 1 N–H and O–H groups in total. The molecule has 2 rings (SSSR count). The zero-order valence-corrected chi connectivity index (χ0v) is 15.0. The SMILES string of the molecule is CCCNC(=O)[C@H](C)N1CCN(C(=O)Cc2ccccc2C)CC1. The van der Waals surface area contributed by atoms with Gasteiger partial charge in [0.2, 0.25) is 11.8 Å². The molecule has 5 heteroatoms. The number of benzene rings is 1. The molecule has 2 amide bonds. The Hall–Kier alpha value is -1.88. The summed E-state index contributed by atoms with van der Waals surface area (Å²) in [6, 6.07) is 7.89. The number of carbonyl (C=O) groups excluding carboxylic acids is 2. The minimum Gasteiger partial charge on any atom is -0.355 e. The maximum absolute atomic E-state index is 12.5. The first kappa shape index (κ1) is 18.5. The van der Waals surface area contributed by atoms with Crippen molar-refractivity contribution < 1.29 is 9.59 Å². The minimum absolute atomic E-state index is 0.0801. The lowest BCUT2D eigenvalue weighted by Crippen LogP contribution is -2.55. The van der Waals surface area contributed by atoms with E-state index in [2.05, 4.69) is 10.2 Å². The van der Waals surface area contributed by atoms with E-state index in [0.717, 1.165) is 37.2 Å². The lowest BCUT2D eigenvalue weighted by molar-refractivity contribution is -0.133. The molecule has 0 aromatic heterocycles. The second kappa shape index (κ2) is 8.83. The first-order valence-corrected chi connectivity index (χ1v) is 8.87. The summed E-state index contributed by atoms with van der Waals surface area (Å²) < 4.78 is 0. The molecule has 0 spiro atoms. The van der Waals surface area contributed by atoms with Crippen molar-refractivity contribution in [1.82, 2.24) is 15.1 Å². The topological polar surface area (TPSA) is 52.7 Å². The van der Waals surface area contributed by atoms with E-state index in [1.54, 1.807) is 0 Å². The van der Waals surface area contributed by atoms with Crippen molar-refractivity contribution in [1.29, 1.82) is 0 Å². The largest absolute Gasteiger partial charge is 0.355 e. The van der Waals surface area contributed by atoms with E-state index in [-0.39, 0.29) is 17.9 Å². The Balaban J connectivity index is 1.82. The number of rotatable bonds is 6. The van der Waals surface area contributed by atoms with Gasteiger partial charge < -0.3 is 10.2 Å². The Morgan fingerprint density at radius 1 is 1.17 bits per heavy atom. The minimum atomic E-state index is -0.134. The third kappa shape index (κ3) is 4.81. The van der Waals surface area contributed by atoms with Gasteiger partial charge in [-0.05, 0) is 31.4 Å². The molecule has 1 fully saturated rings. The maximum Gasteiger partial charge on any atom is 0.237 e. The molecule has 5 nitrogen and oxygen atoms in total. The van der Waals surface area contributed by atoms with Crippen LogP contribution in [0.5, 0.6) is 0 Å². The molecule has 0 unspecified atom stereocenters. The highest BCUT2D eigenvalue weighted by Crippen LogP contribution is 2.12. The van der Waals surface area contributed by atoms with Gasteiger partial charge in [0.1, 0.15) is 0 Å². The number of nitrogens with one attached hydrogen (secondary N) is 1. The summed E-state index contributed by atoms with van der Waals surface area (Å²) in [4.78, 5) is 28.6. The van der Waals surface area contributed by atoms with Crippen LogP contribution in [0.25, 0.3) is 0 Å². The van der Waals surface area contributed by atoms with Crippen LogP contribution in [-0.4, -0.2) is 60.4 Å². The van der Waals surface area contributed by atoms with Gasteiger partial charge >= 0.3 is 0 Å². The number of carbonyl (C=O) groups is 2. The fraction of sp³-hybridized carbons (Fsp3) is 0.579. The molecule has 1 aromatic rings. The summed E-state index contributed by atoms with van der Waals surface area (Å²) in [7, 11) is 0. The highest BCUT2D eigenvalue weighted by molar-refractivity contribution is 5.81. The average molecular weight is 331 g/mol. The normalized spacial score (nSPS) is 16.7. The molecule has 1 saturated heterocycles. The van der Waals surface area contributed by atoms with Crippen molar-refractivity contribution in [3.8, 4) is 0 Å². The zero-order valence-electron chi connectivity index (χ0n) is 15.0. The molecule has 1 heterocycles. The van der Waals surface area contributed by atoms with Crippen molar-refractivity contribution in [2.24, 2.45) is 0 Å². The molecule has 24 heavy (non-hydrogen) atoms. The Labute approximate surface area is 145 Å². The first-order valence-electron chi connectivity index (χ1n) is 8.87. The molecule has 1 atom stereocenters. The average Bonchev–Trinajstić information content (AvgIpc) is 2.61. The van der Waals surface area contributed by atoms with Crippen LogP contribution in [0, 0.1) is 6.92 Å². The lowest BCUT2D eigenvalue weighted by atomic mass is 10.1. The fourth-order valence-electron chi connectivity index (χ4n) is 3.00. The van der Waals surface area contributed by atoms with E-state index in [4.69, 9.17) is 0 Å². The second-order valence-corrected chi connectivity index (χ2v) is 6.49. The van der Waals surface area contributed by atoms with Crippen LogP contribution in [0.2, 0.25) is 0 Å². The molecule has 0 saturated carbocycles. The predicted octanol–water partition coefficient (Wildman–Crippen LogP) is 1.60. The standard InChI is InChI=1S/C19H29N3O2/c1-4-9-20-19(24)16(3)21-10-12-22(13-11-21)18(23)14-17-8-6-5-7-15(17)2/h5-8,16H,4,9-14H2,1-3H3,(H,20,24)/t16-/m0/s1. The van der Waals surface area contributed by atoms with Gasteiger partial charge in [-0.1, -0.05) is 31.2 Å². The van der Waals surface area contributed by atoms with Crippen LogP contribution in [0.3, 0.4) is 0 Å². The van der Waals surface area contributed by atoms with Crippen molar-refractivity contribution >= 4 is 11.8 Å². The van der Waals surface area contributed by atoms with Gasteiger partial charge in [0, 0.05) is 32.7 Å². The third-order valence-electron chi connectivity index (χ3n) is 4.75. The number of piperazine rings is 1. The van der Waals surface area contributed by atoms with E-state index in [9.17, 15) is 9.59 Å². The summed E-state index contributed by atoms with van der Waals surface area (Å²) >= 11 is 0. The Morgan fingerprint density at radius 3 is 2.46 bits per heavy atom. The Morgan fingerprint density at radius 2 is 1.83 bits per heavy atom. The Kier molecular flexibility index (Phi) is 6.79. The number of aryl methyl sites for hydroxylation is 1. The van der Waals surface area contributed by atoms with E-state index < -0.39 is 0 Å². The first-order chi connectivity index (χ1) is 11.5. The monoisotopic (exact) mass is 331 g/mol. The van der Waals surface area contributed by atoms with E-state index in [1.807, 2.05) is 49.9 Å². The predicted molar refractivity (Wildman–Crippen MR) is 95.8 cm³/mol. The molecular weight excluding hydrogens is 302 g/mol. The molecule has 0 bridgehead atoms. The zero-order chi connectivity index (χ0) is 17.5. The van der Waals surface area contributed by atoms with Gasteiger partial charge in [0.15, 0.2) is 0 Å². The van der Waals surface area contributed by atoms with E-state index >= 15 is 0 Å². The maximum atomic E-state index is 12.5. The van der Waals surface area contributed by atoms with Crippen molar-refractivity contribution in [2.45, 2.75) is 39.7 Å². The van der Waals surface area contributed by atoms with E-state index in [1.165, 1.54) is 0 Å². The molecule has 1 aliphatic rings. The highest BCUT2D eigenvalue weighted by atomic mass is 16.2. The third-order valence-corrected chi connectivity index (χ3v) is 4.75. The van der Waals surface area contributed by atoms with Crippen molar-refractivity contribution in [3.05, 3.63) is 35.4 Å². The number of nitrogens with zero attached hydrogens (tertiary/aromatic N) is 2. The summed E-state index contributed by atoms with van der Waals surface area (Å²) in [6.45, 7) is 9.63. The van der Waals surface area contributed by atoms with Crippen LogP contribution in [-0.2, 0) is 16.0 Å². The van der Waals surface area contributed by atoms with Crippen LogP contribution in [0.15, 0.2) is 24.3 Å². The summed E-state index contributed by atoms with van der Waals surface area (Å²) in [6.07, 6.45) is 1.40. The molecule has 1 aromatic carbocycles. The molecule has 132 valence electrons. The van der Waals surface area contributed by atoms with E-state index in [0.29, 0.717) is 19.5 Å². The highest BCUT2D eigenvalue weighted by Gasteiger charge is 2.27. The van der Waals surface area contributed by atoms with Gasteiger partial charge in [-0.25, -0.2) is 0 Å². The molecular formula is C19H29N3O2.